The summed E-state index contributed by atoms with van der Waals surface area (Å²) in [6, 6.07) is 10.2. The van der Waals surface area contributed by atoms with E-state index in [0.29, 0.717) is 0 Å². The molecule has 0 atom stereocenters. The fourth-order valence-electron chi connectivity index (χ4n) is 2.26. The number of imidazole rings is 1. The van der Waals surface area contributed by atoms with Crippen LogP contribution in [-0.4, -0.2) is 9.38 Å². The van der Waals surface area contributed by atoms with Crippen molar-refractivity contribution in [2.75, 3.05) is 0 Å². The van der Waals surface area contributed by atoms with E-state index in [9.17, 15) is 0 Å². The second kappa shape index (κ2) is 5.13. The Labute approximate surface area is 124 Å². The Hall–Kier alpha value is -2.49. The van der Waals surface area contributed by atoms with Gasteiger partial charge in [0.15, 0.2) is 5.82 Å². The van der Waals surface area contributed by atoms with Gasteiger partial charge < -0.3 is 0 Å². The average Bonchev–Trinajstić information content (AvgIpc) is 2.75. The Morgan fingerprint density at radius 1 is 0.905 bits per heavy atom. The molecule has 0 bridgehead atoms. The highest BCUT2D eigenvalue weighted by Crippen LogP contribution is 2.24. The molecule has 3 aromatic rings. The van der Waals surface area contributed by atoms with Gasteiger partial charge in [0.2, 0.25) is 0 Å². The van der Waals surface area contributed by atoms with Crippen molar-refractivity contribution in [1.29, 1.82) is 0 Å². The van der Waals surface area contributed by atoms with Crippen LogP contribution in [0.25, 0.3) is 5.65 Å². The van der Waals surface area contributed by atoms with Crippen LogP contribution in [0.1, 0.15) is 22.4 Å². The highest BCUT2D eigenvalue weighted by atomic mass is 15.2. The molecular weight excluding hydrogens is 260 g/mol. The van der Waals surface area contributed by atoms with Crippen molar-refractivity contribution in [3.8, 4) is 0 Å². The predicted molar refractivity (Wildman–Crippen MR) is 84.8 cm³/mol. The normalized spacial score (nSPS) is 11.6. The summed E-state index contributed by atoms with van der Waals surface area (Å²) >= 11 is 0. The van der Waals surface area contributed by atoms with E-state index in [4.69, 9.17) is 0 Å². The average molecular weight is 278 g/mol. The summed E-state index contributed by atoms with van der Waals surface area (Å²) in [5, 5.41) is 8.74. The van der Waals surface area contributed by atoms with Crippen LogP contribution in [0.3, 0.4) is 0 Å². The molecule has 3 rings (SSSR count). The zero-order chi connectivity index (χ0) is 15.0. The molecule has 0 fully saturated rings. The number of aryl methyl sites for hydroxylation is 4. The van der Waals surface area contributed by atoms with Crippen molar-refractivity contribution in [3.63, 3.8) is 0 Å². The predicted octanol–water partition coefficient (Wildman–Crippen LogP) is 4.98. The van der Waals surface area contributed by atoms with Gasteiger partial charge in [0.25, 0.3) is 0 Å². The molecule has 1 aromatic carbocycles. The van der Waals surface area contributed by atoms with Crippen LogP contribution >= 0.6 is 0 Å². The third-order valence-corrected chi connectivity index (χ3v) is 3.67. The van der Waals surface area contributed by atoms with Crippen LogP contribution in [0.5, 0.6) is 0 Å². The van der Waals surface area contributed by atoms with E-state index < -0.39 is 0 Å². The van der Waals surface area contributed by atoms with E-state index in [1.165, 1.54) is 16.7 Å². The second-order valence-corrected chi connectivity index (χ2v) is 5.42. The summed E-state index contributed by atoms with van der Waals surface area (Å²) in [7, 11) is 0. The molecule has 4 heteroatoms. The number of pyridine rings is 1. The summed E-state index contributed by atoms with van der Waals surface area (Å²) in [6.45, 7) is 8.18. The molecule has 0 spiro atoms. The first-order chi connectivity index (χ1) is 10.0. The molecule has 0 aliphatic rings. The van der Waals surface area contributed by atoms with Crippen molar-refractivity contribution in [2.24, 2.45) is 10.2 Å². The first-order valence-electron chi connectivity index (χ1n) is 6.99. The van der Waals surface area contributed by atoms with Gasteiger partial charge in [-0.15, -0.1) is 10.2 Å². The lowest BCUT2D eigenvalue weighted by atomic mass is 10.1. The molecule has 0 amide bonds. The maximum Gasteiger partial charge on any atom is 0.182 e. The molecular formula is C17H18N4. The van der Waals surface area contributed by atoms with Crippen LogP contribution in [0, 0.1) is 27.7 Å². The van der Waals surface area contributed by atoms with Crippen molar-refractivity contribution < 1.29 is 0 Å². The lowest BCUT2D eigenvalue weighted by Gasteiger charge is -2.00. The Balaban J connectivity index is 2.02. The van der Waals surface area contributed by atoms with Crippen LogP contribution in [-0.2, 0) is 0 Å². The number of rotatable bonds is 2. The molecule has 21 heavy (non-hydrogen) atoms. The fraction of sp³-hybridized carbons (Fsp3) is 0.235. The molecule has 0 saturated carbocycles. The van der Waals surface area contributed by atoms with Gasteiger partial charge in [-0.2, -0.15) is 0 Å². The van der Waals surface area contributed by atoms with Gasteiger partial charge in [0.1, 0.15) is 5.65 Å². The number of azo groups is 1. The molecule has 4 nitrogen and oxygen atoms in total. The number of hydrogen-bond acceptors (Lipinski definition) is 3. The minimum absolute atomic E-state index is 0.781. The highest BCUT2D eigenvalue weighted by Gasteiger charge is 2.07. The number of benzene rings is 1. The van der Waals surface area contributed by atoms with Crippen molar-refractivity contribution in [3.05, 3.63) is 58.9 Å². The molecule has 0 N–H and O–H groups in total. The molecule has 2 heterocycles. The highest BCUT2D eigenvalue weighted by molar-refractivity contribution is 5.53. The zero-order valence-corrected chi connectivity index (χ0v) is 12.8. The molecule has 0 saturated heterocycles. The Kier molecular flexibility index (Phi) is 3.29. The Morgan fingerprint density at radius 2 is 1.71 bits per heavy atom. The van der Waals surface area contributed by atoms with Crippen molar-refractivity contribution in [1.82, 2.24) is 9.38 Å². The minimum atomic E-state index is 0.781. The molecule has 0 unspecified atom stereocenters. The van der Waals surface area contributed by atoms with E-state index in [1.54, 1.807) is 0 Å². The molecule has 2 aromatic heterocycles. The van der Waals surface area contributed by atoms with E-state index in [1.807, 2.05) is 41.8 Å². The van der Waals surface area contributed by atoms with Crippen LogP contribution in [0.15, 0.2) is 46.8 Å². The summed E-state index contributed by atoms with van der Waals surface area (Å²) in [5.41, 5.74) is 6.31. The lowest BCUT2D eigenvalue weighted by Crippen LogP contribution is -1.84. The standard InChI is InChI=1S/C17H18N4/c1-11-7-8-21-16(9-11)18-14(4)17(21)20-19-15-6-5-12(2)13(3)10-15/h5-10H,1-4H3. The molecule has 0 radical (unpaired) electrons. The van der Waals surface area contributed by atoms with Crippen LogP contribution < -0.4 is 0 Å². The summed E-state index contributed by atoms with van der Waals surface area (Å²) in [4.78, 5) is 4.53. The first kappa shape index (κ1) is 13.5. The maximum absolute atomic E-state index is 4.53. The SMILES string of the molecule is Cc1ccn2c(N=Nc3ccc(C)c(C)c3)c(C)nc2c1. The third-order valence-electron chi connectivity index (χ3n) is 3.67. The number of nitrogens with zero attached hydrogens (tertiary/aromatic N) is 4. The van der Waals surface area contributed by atoms with Crippen molar-refractivity contribution >= 4 is 17.2 Å². The third kappa shape index (κ3) is 2.57. The van der Waals surface area contributed by atoms with Gasteiger partial charge >= 0.3 is 0 Å². The quantitative estimate of drug-likeness (QED) is 0.609. The summed E-state index contributed by atoms with van der Waals surface area (Å²) in [6.07, 6.45) is 1.99. The van der Waals surface area contributed by atoms with Gasteiger partial charge in [-0.3, -0.25) is 4.40 Å². The number of hydrogen-bond donors (Lipinski definition) is 0. The van der Waals surface area contributed by atoms with E-state index >= 15 is 0 Å². The van der Waals surface area contributed by atoms with Crippen LogP contribution in [0.4, 0.5) is 11.5 Å². The van der Waals surface area contributed by atoms with E-state index in [-0.39, 0.29) is 0 Å². The Bertz CT molecular complexity index is 843. The van der Waals surface area contributed by atoms with Gasteiger partial charge in [-0.1, -0.05) is 6.07 Å². The number of fused-ring (bicyclic) bond motifs is 1. The summed E-state index contributed by atoms with van der Waals surface area (Å²) in [5.74, 6) is 0.781. The van der Waals surface area contributed by atoms with Crippen LogP contribution in [0.2, 0.25) is 0 Å². The largest absolute Gasteiger partial charge is 0.283 e. The topological polar surface area (TPSA) is 42.0 Å². The van der Waals surface area contributed by atoms with E-state index in [2.05, 4.69) is 42.1 Å². The maximum atomic E-state index is 4.53. The zero-order valence-electron chi connectivity index (χ0n) is 12.8. The lowest BCUT2D eigenvalue weighted by molar-refractivity contribution is 1.09. The van der Waals surface area contributed by atoms with Gasteiger partial charge in [0, 0.05) is 6.20 Å². The molecule has 0 aliphatic carbocycles. The Morgan fingerprint density at radius 3 is 2.48 bits per heavy atom. The van der Waals surface area contributed by atoms with E-state index in [0.717, 1.165) is 22.8 Å². The number of aromatic nitrogens is 2. The fourth-order valence-corrected chi connectivity index (χ4v) is 2.26. The van der Waals surface area contributed by atoms with Gasteiger partial charge in [0.05, 0.1) is 11.4 Å². The minimum Gasteiger partial charge on any atom is -0.283 e. The summed E-state index contributed by atoms with van der Waals surface area (Å²) < 4.78 is 1.97. The first-order valence-corrected chi connectivity index (χ1v) is 6.99. The van der Waals surface area contributed by atoms with Gasteiger partial charge in [-0.25, -0.2) is 4.98 Å². The van der Waals surface area contributed by atoms with Gasteiger partial charge in [-0.05, 0) is 68.7 Å². The molecule has 0 aliphatic heterocycles. The smallest absolute Gasteiger partial charge is 0.182 e. The second-order valence-electron chi connectivity index (χ2n) is 5.42. The van der Waals surface area contributed by atoms with Crippen molar-refractivity contribution in [2.45, 2.75) is 27.7 Å². The molecule has 106 valence electrons. The monoisotopic (exact) mass is 278 g/mol.